The molecule has 3 rings (SSSR count). The number of nitrogens with one attached hydrogen (secondary N) is 1. The van der Waals surface area contributed by atoms with Crippen LogP contribution < -0.4 is 5.32 Å². The monoisotopic (exact) mass is 360 g/mol. The Labute approximate surface area is 137 Å². The van der Waals surface area contributed by atoms with E-state index in [9.17, 15) is 0 Å². The van der Waals surface area contributed by atoms with Crippen molar-refractivity contribution >= 4 is 37.5 Å². The average Bonchev–Trinajstić information content (AvgIpc) is 2.94. The van der Waals surface area contributed by atoms with Gasteiger partial charge in [0.25, 0.3) is 0 Å². The molecule has 1 aromatic carbocycles. The number of nitrogens with zero attached hydrogens (tertiary/aromatic N) is 1. The van der Waals surface area contributed by atoms with Gasteiger partial charge in [0.15, 0.2) is 0 Å². The van der Waals surface area contributed by atoms with Crippen molar-refractivity contribution in [2.75, 3.05) is 0 Å². The molecule has 0 amide bonds. The molecule has 0 saturated carbocycles. The Balaban J connectivity index is 1.77. The van der Waals surface area contributed by atoms with Crippen LogP contribution >= 0.6 is 27.3 Å². The number of hydrogen-bond donors (Lipinski definition) is 1. The maximum absolute atomic E-state index is 4.52. The highest BCUT2D eigenvalue weighted by atomic mass is 79.9. The third kappa shape index (κ3) is 3.34. The van der Waals surface area contributed by atoms with Crippen molar-refractivity contribution in [3.05, 3.63) is 63.6 Å². The molecule has 1 N–H and O–H groups in total. The van der Waals surface area contributed by atoms with Crippen molar-refractivity contribution in [1.29, 1.82) is 0 Å². The van der Waals surface area contributed by atoms with Gasteiger partial charge in [-0.15, -0.1) is 11.3 Å². The van der Waals surface area contributed by atoms with E-state index in [2.05, 4.69) is 75.8 Å². The number of fused-ring (bicyclic) bond motifs is 1. The van der Waals surface area contributed by atoms with Gasteiger partial charge in [0, 0.05) is 22.8 Å². The largest absolute Gasteiger partial charge is 0.304 e. The zero-order valence-corrected chi connectivity index (χ0v) is 14.4. The molecular weight excluding hydrogens is 344 g/mol. The normalized spacial score (nSPS) is 14.2. The van der Waals surface area contributed by atoms with Gasteiger partial charge >= 0.3 is 0 Å². The summed E-state index contributed by atoms with van der Waals surface area (Å²) >= 11 is 5.27. The maximum atomic E-state index is 4.52. The number of halogens is 1. The zero-order chi connectivity index (χ0) is 14.8. The molecule has 0 aliphatic carbocycles. The third-order valence-corrected chi connectivity index (χ3v) is 5.02. The Morgan fingerprint density at radius 3 is 2.71 bits per heavy atom. The molecule has 0 aliphatic heterocycles. The number of rotatable bonds is 4. The Morgan fingerprint density at radius 2 is 1.90 bits per heavy atom. The summed E-state index contributed by atoms with van der Waals surface area (Å²) in [6, 6.07) is 13.3. The van der Waals surface area contributed by atoms with Crippen LogP contribution in [0, 0.1) is 0 Å². The van der Waals surface area contributed by atoms with Crippen LogP contribution in [0.5, 0.6) is 0 Å². The molecule has 21 heavy (non-hydrogen) atoms. The average molecular weight is 361 g/mol. The maximum Gasteiger partial charge on any atom is 0.0809 e. The summed E-state index contributed by atoms with van der Waals surface area (Å²) in [4.78, 5) is 4.52. The molecule has 3 aromatic rings. The summed E-state index contributed by atoms with van der Waals surface area (Å²) in [6.45, 7) is 4.38. The van der Waals surface area contributed by atoms with E-state index in [1.165, 1.54) is 15.8 Å². The molecule has 2 nitrogen and oxygen atoms in total. The van der Waals surface area contributed by atoms with Crippen LogP contribution in [0.3, 0.4) is 0 Å². The van der Waals surface area contributed by atoms with Crippen LogP contribution in [-0.4, -0.2) is 4.98 Å². The van der Waals surface area contributed by atoms with Gasteiger partial charge < -0.3 is 5.32 Å². The quantitative estimate of drug-likeness (QED) is 0.666. The van der Waals surface area contributed by atoms with Crippen molar-refractivity contribution in [1.82, 2.24) is 10.3 Å². The Bertz CT molecular complexity index is 753. The Kier molecular flexibility index (Phi) is 4.38. The predicted molar refractivity (Wildman–Crippen MR) is 93.7 cm³/mol. The standard InChI is InChI=1S/C17H17BrN2S/c1-11(13-4-3-5-15(18)8-13)20-12(2)14-9-17-16(19-10-14)6-7-21-17/h3-12,20H,1-2H3/t11-,12?/m1/s1. The van der Waals surface area contributed by atoms with Crippen LogP contribution in [0.1, 0.15) is 37.1 Å². The van der Waals surface area contributed by atoms with E-state index in [-0.39, 0.29) is 12.1 Å². The molecule has 0 aliphatic rings. The van der Waals surface area contributed by atoms with E-state index in [4.69, 9.17) is 0 Å². The first-order valence-electron chi connectivity index (χ1n) is 6.98. The van der Waals surface area contributed by atoms with E-state index >= 15 is 0 Å². The van der Waals surface area contributed by atoms with Crippen LogP contribution in [-0.2, 0) is 0 Å². The molecule has 2 aromatic heterocycles. The van der Waals surface area contributed by atoms with Gasteiger partial charge in [0.05, 0.1) is 10.2 Å². The smallest absolute Gasteiger partial charge is 0.0809 e. The molecule has 4 heteroatoms. The number of aromatic nitrogens is 1. The van der Waals surface area contributed by atoms with Gasteiger partial charge in [-0.3, -0.25) is 4.98 Å². The first-order valence-corrected chi connectivity index (χ1v) is 8.65. The highest BCUT2D eigenvalue weighted by Gasteiger charge is 2.12. The molecule has 0 bridgehead atoms. The van der Waals surface area contributed by atoms with E-state index in [1.54, 1.807) is 11.3 Å². The summed E-state index contributed by atoms with van der Waals surface area (Å²) < 4.78 is 2.36. The first-order chi connectivity index (χ1) is 10.1. The van der Waals surface area contributed by atoms with Gasteiger partial charge in [0.2, 0.25) is 0 Å². The molecule has 2 atom stereocenters. The Hall–Kier alpha value is -1.23. The number of pyridine rings is 1. The number of benzene rings is 1. The lowest BCUT2D eigenvalue weighted by Crippen LogP contribution is -2.22. The molecule has 0 spiro atoms. The van der Waals surface area contributed by atoms with Gasteiger partial charge in [-0.2, -0.15) is 0 Å². The minimum Gasteiger partial charge on any atom is -0.304 e. The number of hydrogen-bond acceptors (Lipinski definition) is 3. The molecule has 0 radical (unpaired) electrons. The zero-order valence-electron chi connectivity index (χ0n) is 12.0. The van der Waals surface area contributed by atoms with Crippen LogP contribution in [0.4, 0.5) is 0 Å². The highest BCUT2D eigenvalue weighted by molar-refractivity contribution is 9.10. The molecule has 2 heterocycles. The molecule has 0 saturated heterocycles. The first kappa shape index (κ1) is 14.7. The second kappa shape index (κ2) is 6.26. The minimum atomic E-state index is 0.262. The highest BCUT2D eigenvalue weighted by Crippen LogP contribution is 2.25. The van der Waals surface area contributed by atoms with Crippen LogP contribution in [0.25, 0.3) is 10.2 Å². The Morgan fingerprint density at radius 1 is 1.10 bits per heavy atom. The molecular formula is C17H17BrN2S. The van der Waals surface area contributed by atoms with Gasteiger partial charge in [-0.1, -0.05) is 28.1 Å². The summed E-state index contributed by atoms with van der Waals surface area (Å²) in [5.74, 6) is 0. The van der Waals surface area contributed by atoms with E-state index in [0.29, 0.717) is 0 Å². The fourth-order valence-electron chi connectivity index (χ4n) is 2.44. The second-order valence-corrected chi connectivity index (χ2v) is 7.10. The van der Waals surface area contributed by atoms with Crippen molar-refractivity contribution in [2.24, 2.45) is 0 Å². The summed E-state index contributed by atoms with van der Waals surface area (Å²) in [6.07, 6.45) is 1.97. The summed E-state index contributed by atoms with van der Waals surface area (Å²) in [5.41, 5.74) is 3.59. The molecule has 1 unspecified atom stereocenters. The summed E-state index contributed by atoms with van der Waals surface area (Å²) in [7, 11) is 0. The fourth-order valence-corrected chi connectivity index (χ4v) is 3.65. The minimum absolute atomic E-state index is 0.262. The van der Waals surface area contributed by atoms with Crippen LogP contribution in [0.15, 0.2) is 52.4 Å². The lowest BCUT2D eigenvalue weighted by atomic mass is 10.1. The van der Waals surface area contributed by atoms with E-state index in [0.717, 1.165) is 9.99 Å². The lowest BCUT2D eigenvalue weighted by molar-refractivity contribution is 0.494. The molecule has 0 fully saturated rings. The van der Waals surface area contributed by atoms with Crippen LogP contribution in [0.2, 0.25) is 0 Å². The SMILES string of the molecule is CC(N[C@H](C)c1cccc(Br)c1)c1cnc2ccsc2c1. The predicted octanol–water partition coefficient (Wildman–Crippen LogP) is 5.47. The van der Waals surface area contributed by atoms with Gasteiger partial charge in [0.1, 0.15) is 0 Å². The lowest BCUT2D eigenvalue weighted by Gasteiger charge is -2.21. The van der Waals surface area contributed by atoms with Gasteiger partial charge in [-0.05, 0) is 54.6 Å². The fraction of sp³-hybridized carbons (Fsp3) is 0.235. The number of thiophene rings is 1. The van der Waals surface area contributed by atoms with E-state index in [1.807, 2.05) is 12.3 Å². The van der Waals surface area contributed by atoms with Crippen molar-refractivity contribution < 1.29 is 0 Å². The summed E-state index contributed by atoms with van der Waals surface area (Å²) in [5, 5.41) is 5.73. The van der Waals surface area contributed by atoms with Crippen molar-refractivity contribution in [3.63, 3.8) is 0 Å². The van der Waals surface area contributed by atoms with Crippen molar-refractivity contribution in [3.8, 4) is 0 Å². The second-order valence-electron chi connectivity index (χ2n) is 5.24. The van der Waals surface area contributed by atoms with E-state index < -0.39 is 0 Å². The third-order valence-electron chi connectivity index (χ3n) is 3.67. The van der Waals surface area contributed by atoms with Crippen molar-refractivity contribution in [2.45, 2.75) is 25.9 Å². The van der Waals surface area contributed by atoms with Gasteiger partial charge in [-0.25, -0.2) is 0 Å². The molecule has 108 valence electrons. The topological polar surface area (TPSA) is 24.9 Å².